The van der Waals surface area contributed by atoms with Crippen LogP contribution in [-0.4, -0.2) is 30.6 Å². The lowest BCUT2D eigenvalue weighted by Crippen LogP contribution is -2.44. The van der Waals surface area contributed by atoms with Gasteiger partial charge in [0.1, 0.15) is 6.61 Å². The summed E-state index contributed by atoms with van der Waals surface area (Å²) < 4.78 is 47.5. The van der Waals surface area contributed by atoms with Crippen LogP contribution in [0.1, 0.15) is 60.8 Å². The number of alkyl halides is 3. The molecule has 21 heavy (non-hydrogen) atoms. The van der Waals surface area contributed by atoms with Gasteiger partial charge in [-0.05, 0) is 65.2 Å². The molecule has 1 aliphatic rings. The molecule has 0 saturated heterocycles. The summed E-state index contributed by atoms with van der Waals surface area (Å²) in [5.74, 6) is 0.418. The molecule has 1 rings (SSSR count). The Hall–Kier alpha value is -0.290. The lowest BCUT2D eigenvalue weighted by atomic mass is 9.61. The molecule has 1 saturated carbocycles. The number of halogens is 3. The summed E-state index contributed by atoms with van der Waals surface area (Å²) in [7, 11) is 0. The van der Waals surface area contributed by atoms with Crippen molar-refractivity contribution in [1.82, 2.24) is 0 Å². The number of ether oxygens (including phenoxy) is 2. The van der Waals surface area contributed by atoms with Gasteiger partial charge in [-0.1, -0.05) is 6.92 Å². The van der Waals surface area contributed by atoms with Gasteiger partial charge in [-0.2, -0.15) is 13.2 Å². The van der Waals surface area contributed by atoms with E-state index in [4.69, 9.17) is 9.47 Å². The van der Waals surface area contributed by atoms with Crippen molar-refractivity contribution in [3.05, 3.63) is 0 Å². The first-order valence-corrected chi connectivity index (χ1v) is 7.55. The normalized spacial score (nSPS) is 27.6. The third kappa shape index (κ3) is 7.50. The summed E-state index contributed by atoms with van der Waals surface area (Å²) in [4.78, 5) is 0. The second-order valence-corrected chi connectivity index (χ2v) is 8.35. The van der Waals surface area contributed by atoms with Crippen LogP contribution in [0.3, 0.4) is 0 Å². The molecule has 0 amide bonds. The summed E-state index contributed by atoms with van der Waals surface area (Å²) in [6.45, 7) is 11.3. The molecule has 1 aliphatic carbocycles. The standard InChI is InChI=1S/C16H29F3O2/c1-13(2,3)20-10-15(6)8-12(9-15)7-14(4,5)21-11-16(17,18)19/h12H,7-11H2,1-6H3. The molecule has 0 aromatic carbocycles. The minimum Gasteiger partial charge on any atom is -0.375 e. The molecule has 0 aliphatic heterocycles. The Balaban J connectivity index is 2.33. The predicted octanol–water partition coefficient (Wildman–Crippen LogP) is 4.97. The monoisotopic (exact) mass is 310 g/mol. The van der Waals surface area contributed by atoms with Gasteiger partial charge in [-0.15, -0.1) is 0 Å². The van der Waals surface area contributed by atoms with Crippen molar-refractivity contribution >= 4 is 0 Å². The van der Waals surface area contributed by atoms with E-state index in [2.05, 4.69) is 6.92 Å². The van der Waals surface area contributed by atoms with Crippen LogP contribution < -0.4 is 0 Å². The molecule has 0 aromatic heterocycles. The molecular formula is C16H29F3O2. The maximum Gasteiger partial charge on any atom is 0.411 e. The van der Waals surface area contributed by atoms with Crippen LogP contribution in [0.4, 0.5) is 13.2 Å². The van der Waals surface area contributed by atoms with Crippen molar-refractivity contribution in [1.29, 1.82) is 0 Å². The molecule has 5 heteroatoms. The summed E-state index contributed by atoms with van der Waals surface area (Å²) >= 11 is 0. The molecule has 0 radical (unpaired) electrons. The number of hydrogen-bond donors (Lipinski definition) is 0. The van der Waals surface area contributed by atoms with E-state index in [1.165, 1.54) is 0 Å². The largest absolute Gasteiger partial charge is 0.411 e. The molecule has 126 valence electrons. The molecule has 0 N–H and O–H groups in total. The van der Waals surface area contributed by atoms with E-state index in [1.807, 2.05) is 20.8 Å². The smallest absolute Gasteiger partial charge is 0.375 e. The van der Waals surface area contributed by atoms with Crippen LogP contribution in [0.2, 0.25) is 0 Å². The Morgan fingerprint density at radius 1 is 1.00 bits per heavy atom. The highest BCUT2D eigenvalue weighted by molar-refractivity contribution is 4.93. The zero-order chi connectivity index (χ0) is 16.5. The molecular weight excluding hydrogens is 281 g/mol. The number of hydrogen-bond acceptors (Lipinski definition) is 2. The SMILES string of the molecule is CC1(COC(C)(C)C)CC(CC(C)(C)OCC(F)(F)F)C1. The van der Waals surface area contributed by atoms with Crippen LogP contribution in [0.25, 0.3) is 0 Å². The minimum atomic E-state index is -4.26. The molecule has 2 nitrogen and oxygen atoms in total. The van der Waals surface area contributed by atoms with Crippen LogP contribution in [0.5, 0.6) is 0 Å². The Bertz CT molecular complexity index is 336. The van der Waals surface area contributed by atoms with E-state index in [0.717, 1.165) is 12.8 Å². The van der Waals surface area contributed by atoms with Crippen molar-refractivity contribution < 1.29 is 22.6 Å². The van der Waals surface area contributed by atoms with E-state index >= 15 is 0 Å². The van der Waals surface area contributed by atoms with Crippen LogP contribution in [0.15, 0.2) is 0 Å². The van der Waals surface area contributed by atoms with Gasteiger partial charge in [0.05, 0.1) is 17.8 Å². The van der Waals surface area contributed by atoms with Crippen LogP contribution in [0, 0.1) is 11.3 Å². The topological polar surface area (TPSA) is 18.5 Å². The number of rotatable bonds is 6. The summed E-state index contributed by atoms with van der Waals surface area (Å²) in [6, 6.07) is 0. The molecule has 0 atom stereocenters. The minimum absolute atomic E-state index is 0.150. The molecule has 1 fully saturated rings. The van der Waals surface area contributed by atoms with E-state index in [9.17, 15) is 13.2 Å². The van der Waals surface area contributed by atoms with Crippen LogP contribution >= 0.6 is 0 Å². The predicted molar refractivity (Wildman–Crippen MR) is 77.2 cm³/mol. The van der Waals surface area contributed by atoms with E-state index < -0.39 is 18.4 Å². The Labute approximate surface area is 126 Å². The molecule has 0 spiro atoms. The summed E-state index contributed by atoms with van der Waals surface area (Å²) in [5, 5.41) is 0. The fourth-order valence-electron chi connectivity index (χ4n) is 3.02. The third-order valence-corrected chi connectivity index (χ3v) is 3.82. The highest BCUT2D eigenvalue weighted by atomic mass is 19.4. The lowest BCUT2D eigenvalue weighted by Gasteiger charge is -2.48. The average Bonchev–Trinajstić information content (AvgIpc) is 2.20. The zero-order valence-electron chi connectivity index (χ0n) is 14.1. The fraction of sp³-hybridized carbons (Fsp3) is 1.00. The average molecular weight is 310 g/mol. The Kier molecular flexibility index (Phi) is 5.42. The molecule has 0 unspecified atom stereocenters. The first kappa shape index (κ1) is 18.8. The van der Waals surface area contributed by atoms with E-state index in [1.54, 1.807) is 13.8 Å². The van der Waals surface area contributed by atoms with Crippen molar-refractivity contribution in [2.45, 2.75) is 78.2 Å². The van der Waals surface area contributed by atoms with Gasteiger partial charge >= 0.3 is 6.18 Å². The summed E-state index contributed by atoms with van der Waals surface area (Å²) in [6.07, 6.45) is -1.62. The second-order valence-electron chi connectivity index (χ2n) is 8.35. The van der Waals surface area contributed by atoms with Crippen molar-refractivity contribution in [3.63, 3.8) is 0 Å². The second kappa shape index (κ2) is 6.07. The quantitative estimate of drug-likeness (QED) is 0.690. The van der Waals surface area contributed by atoms with E-state index in [0.29, 0.717) is 18.9 Å². The summed E-state index contributed by atoms with van der Waals surface area (Å²) in [5.41, 5.74) is -0.729. The first-order chi connectivity index (χ1) is 9.20. The first-order valence-electron chi connectivity index (χ1n) is 7.55. The van der Waals surface area contributed by atoms with Crippen molar-refractivity contribution in [3.8, 4) is 0 Å². The zero-order valence-corrected chi connectivity index (χ0v) is 14.1. The maximum absolute atomic E-state index is 12.2. The van der Waals surface area contributed by atoms with Crippen LogP contribution in [-0.2, 0) is 9.47 Å². The molecule has 0 bridgehead atoms. The van der Waals surface area contributed by atoms with Gasteiger partial charge in [0.2, 0.25) is 0 Å². The third-order valence-electron chi connectivity index (χ3n) is 3.82. The molecule has 0 aromatic rings. The van der Waals surface area contributed by atoms with Crippen molar-refractivity contribution in [2.75, 3.05) is 13.2 Å². The highest BCUT2D eigenvalue weighted by Gasteiger charge is 2.43. The van der Waals surface area contributed by atoms with Gasteiger partial charge in [0.25, 0.3) is 0 Å². The van der Waals surface area contributed by atoms with Gasteiger partial charge in [-0.25, -0.2) is 0 Å². The Morgan fingerprint density at radius 3 is 1.95 bits per heavy atom. The van der Waals surface area contributed by atoms with Gasteiger partial charge in [-0.3, -0.25) is 0 Å². The van der Waals surface area contributed by atoms with E-state index in [-0.39, 0.29) is 11.0 Å². The molecule has 0 heterocycles. The van der Waals surface area contributed by atoms with Crippen molar-refractivity contribution in [2.24, 2.45) is 11.3 Å². The lowest BCUT2D eigenvalue weighted by molar-refractivity contribution is -0.205. The van der Waals surface area contributed by atoms with Gasteiger partial charge < -0.3 is 9.47 Å². The Morgan fingerprint density at radius 2 is 1.52 bits per heavy atom. The van der Waals surface area contributed by atoms with Gasteiger partial charge in [0.15, 0.2) is 0 Å². The maximum atomic E-state index is 12.2. The highest BCUT2D eigenvalue weighted by Crippen LogP contribution is 2.49. The van der Waals surface area contributed by atoms with Gasteiger partial charge in [0, 0.05) is 0 Å². The fourth-order valence-corrected chi connectivity index (χ4v) is 3.02.